The van der Waals surface area contributed by atoms with Gasteiger partial charge in [0.05, 0.1) is 20.7 Å². The number of aryl methyl sites for hydroxylation is 2. The molecule has 22 heavy (non-hydrogen) atoms. The van der Waals surface area contributed by atoms with Crippen molar-refractivity contribution in [1.29, 1.82) is 0 Å². The van der Waals surface area contributed by atoms with Gasteiger partial charge in [-0.25, -0.2) is 13.4 Å². The summed E-state index contributed by atoms with van der Waals surface area (Å²) in [5.74, 6) is 0.429. The first-order valence-corrected chi connectivity index (χ1v) is 10.0. The third kappa shape index (κ3) is 2.52. The highest BCUT2D eigenvalue weighted by atomic mass is 32.2. The van der Waals surface area contributed by atoms with Crippen molar-refractivity contribution in [2.24, 2.45) is 5.92 Å². The molecule has 1 N–H and O–H groups in total. The van der Waals surface area contributed by atoms with Gasteiger partial charge in [-0.05, 0) is 63.3 Å². The molecular formula is C16H22N2O2S2. The normalized spacial score (nSPS) is 23.0. The van der Waals surface area contributed by atoms with E-state index >= 15 is 0 Å². The first kappa shape index (κ1) is 15.7. The monoisotopic (exact) mass is 338 g/mol. The molecule has 6 heteroatoms. The topological polar surface area (TPSA) is 59.1 Å². The molecule has 1 aliphatic heterocycles. The molecule has 1 atom stereocenters. The number of rotatable bonds is 3. The summed E-state index contributed by atoms with van der Waals surface area (Å²) >= 11 is 1.63. The molecule has 2 aromatic rings. The molecule has 1 aromatic heterocycles. The number of aromatic nitrogens is 1. The van der Waals surface area contributed by atoms with Crippen molar-refractivity contribution < 1.29 is 8.42 Å². The second kappa shape index (κ2) is 5.20. The second-order valence-corrected chi connectivity index (χ2v) is 10.4. The number of fused-ring (bicyclic) bond motifs is 1. The average molecular weight is 338 g/mol. The van der Waals surface area contributed by atoms with Crippen molar-refractivity contribution in [3.05, 3.63) is 23.3 Å². The molecule has 4 nitrogen and oxygen atoms in total. The molecule has 1 unspecified atom stereocenters. The smallest absolute Gasteiger partial charge is 0.183 e. The molecule has 0 amide bonds. The van der Waals surface area contributed by atoms with Crippen molar-refractivity contribution in [1.82, 2.24) is 4.98 Å². The van der Waals surface area contributed by atoms with Crippen LogP contribution in [-0.2, 0) is 9.84 Å². The van der Waals surface area contributed by atoms with Crippen LogP contribution in [0.25, 0.3) is 10.2 Å². The van der Waals surface area contributed by atoms with E-state index < -0.39 is 14.6 Å². The van der Waals surface area contributed by atoms with E-state index in [4.69, 9.17) is 0 Å². The van der Waals surface area contributed by atoms with Crippen LogP contribution in [-0.4, -0.2) is 30.4 Å². The van der Waals surface area contributed by atoms with E-state index in [1.54, 1.807) is 11.3 Å². The molecular weight excluding hydrogens is 316 g/mol. The quantitative estimate of drug-likeness (QED) is 0.930. The standard InChI is InChI=1S/C16H22N2O2S2/c1-10-7-13-14(8-11(10)2)21-15(18-13)17-9-12-5-6-22(19,20)16(12,3)4/h7-8,12H,5-6,9H2,1-4H3,(H,17,18). The van der Waals surface area contributed by atoms with Crippen molar-refractivity contribution in [3.8, 4) is 0 Å². The molecule has 2 heterocycles. The number of thiazole rings is 1. The Kier molecular flexibility index (Phi) is 3.72. The minimum atomic E-state index is -2.97. The summed E-state index contributed by atoms with van der Waals surface area (Å²) in [6.45, 7) is 8.53. The zero-order chi connectivity index (χ0) is 16.1. The fraction of sp³-hybridized carbons (Fsp3) is 0.562. The van der Waals surface area contributed by atoms with E-state index in [1.165, 1.54) is 15.8 Å². The van der Waals surface area contributed by atoms with Crippen molar-refractivity contribution in [2.45, 2.75) is 38.9 Å². The van der Waals surface area contributed by atoms with E-state index in [0.29, 0.717) is 12.3 Å². The second-order valence-electron chi connectivity index (χ2n) is 6.71. The summed E-state index contributed by atoms with van der Waals surface area (Å²) in [7, 11) is -2.97. The zero-order valence-electron chi connectivity index (χ0n) is 13.4. The molecule has 0 spiro atoms. The summed E-state index contributed by atoms with van der Waals surface area (Å²) in [4.78, 5) is 4.62. The van der Waals surface area contributed by atoms with Gasteiger partial charge < -0.3 is 5.32 Å². The molecule has 1 fully saturated rings. The summed E-state index contributed by atoms with van der Waals surface area (Å²) in [6.07, 6.45) is 0.728. The Hall–Kier alpha value is -1.14. The predicted molar refractivity (Wildman–Crippen MR) is 93.6 cm³/mol. The van der Waals surface area contributed by atoms with Gasteiger partial charge in [0, 0.05) is 6.54 Å². The SMILES string of the molecule is Cc1cc2nc(NCC3CCS(=O)(=O)C3(C)C)sc2cc1C. The maximum atomic E-state index is 12.1. The molecule has 1 saturated heterocycles. The lowest BCUT2D eigenvalue weighted by atomic mass is 9.93. The number of nitrogens with one attached hydrogen (secondary N) is 1. The van der Waals surface area contributed by atoms with Crippen LogP contribution in [0.2, 0.25) is 0 Å². The fourth-order valence-electron chi connectivity index (χ4n) is 2.98. The number of benzene rings is 1. The molecule has 120 valence electrons. The van der Waals surface area contributed by atoms with Crippen LogP contribution in [0.5, 0.6) is 0 Å². The van der Waals surface area contributed by atoms with E-state index in [1.807, 2.05) is 13.8 Å². The van der Waals surface area contributed by atoms with Crippen LogP contribution in [0, 0.1) is 19.8 Å². The summed E-state index contributed by atoms with van der Waals surface area (Å²) in [6, 6.07) is 4.27. The predicted octanol–water partition coefficient (Wildman–Crippen LogP) is 3.54. The number of sulfone groups is 1. The van der Waals surface area contributed by atoms with Crippen molar-refractivity contribution in [2.75, 3.05) is 17.6 Å². The Morgan fingerprint density at radius 3 is 2.64 bits per heavy atom. The minimum absolute atomic E-state index is 0.132. The Bertz CT molecular complexity index is 783. The Labute approximate surface area is 135 Å². The molecule has 0 aliphatic carbocycles. The fourth-order valence-corrected chi connectivity index (χ4v) is 5.76. The number of nitrogens with zero attached hydrogens (tertiary/aromatic N) is 1. The summed E-state index contributed by atoms with van der Waals surface area (Å²) in [5, 5.41) is 4.23. The van der Waals surface area contributed by atoms with Crippen LogP contribution in [0.4, 0.5) is 5.13 Å². The average Bonchev–Trinajstić information content (AvgIpc) is 2.88. The Morgan fingerprint density at radius 2 is 2.00 bits per heavy atom. The highest BCUT2D eigenvalue weighted by molar-refractivity contribution is 7.93. The molecule has 0 bridgehead atoms. The van der Waals surface area contributed by atoms with Gasteiger partial charge >= 0.3 is 0 Å². The van der Waals surface area contributed by atoms with E-state index in [0.717, 1.165) is 17.1 Å². The highest BCUT2D eigenvalue weighted by Gasteiger charge is 2.47. The first-order chi connectivity index (χ1) is 10.2. The molecule has 0 saturated carbocycles. The first-order valence-electron chi connectivity index (χ1n) is 7.55. The van der Waals surface area contributed by atoms with Crippen LogP contribution < -0.4 is 5.32 Å². The summed E-state index contributed by atoms with van der Waals surface area (Å²) in [5.41, 5.74) is 3.52. The third-order valence-corrected chi connectivity index (χ3v) is 8.71. The van der Waals surface area contributed by atoms with Crippen molar-refractivity contribution in [3.63, 3.8) is 0 Å². The van der Waals surface area contributed by atoms with Gasteiger partial charge in [-0.3, -0.25) is 0 Å². The van der Waals surface area contributed by atoms with Gasteiger partial charge in [-0.2, -0.15) is 0 Å². The maximum Gasteiger partial charge on any atom is 0.183 e. The number of hydrogen-bond donors (Lipinski definition) is 1. The number of anilines is 1. The van der Waals surface area contributed by atoms with Crippen molar-refractivity contribution >= 4 is 36.5 Å². The Morgan fingerprint density at radius 1 is 1.32 bits per heavy atom. The largest absolute Gasteiger partial charge is 0.361 e. The van der Waals surface area contributed by atoms with Gasteiger partial charge in [-0.1, -0.05) is 11.3 Å². The zero-order valence-corrected chi connectivity index (χ0v) is 15.1. The lowest BCUT2D eigenvalue weighted by Gasteiger charge is -2.25. The van der Waals surface area contributed by atoms with Gasteiger partial charge in [0.1, 0.15) is 0 Å². The van der Waals surface area contributed by atoms with Gasteiger partial charge in [0.25, 0.3) is 0 Å². The summed E-state index contributed by atoms with van der Waals surface area (Å²) < 4.78 is 24.7. The molecule has 0 radical (unpaired) electrons. The van der Waals surface area contributed by atoms with Crippen LogP contribution in [0.1, 0.15) is 31.4 Å². The van der Waals surface area contributed by atoms with E-state index in [9.17, 15) is 8.42 Å². The molecule has 1 aliphatic rings. The third-order valence-electron chi connectivity index (χ3n) is 5.02. The Balaban J connectivity index is 1.78. The van der Waals surface area contributed by atoms with Crippen LogP contribution >= 0.6 is 11.3 Å². The maximum absolute atomic E-state index is 12.1. The highest BCUT2D eigenvalue weighted by Crippen LogP contribution is 2.37. The minimum Gasteiger partial charge on any atom is -0.361 e. The van der Waals surface area contributed by atoms with Crippen LogP contribution in [0.15, 0.2) is 12.1 Å². The van der Waals surface area contributed by atoms with Gasteiger partial charge in [0.2, 0.25) is 0 Å². The van der Waals surface area contributed by atoms with Gasteiger partial charge in [-0.15, -0.1) is 0 Å². The lowest BCUT2D eigenvalue weighted by molar-refractivity contribution is 0.440. The van der Waals surface area contributed by atoms with E-state index in [2.05, 4.69) is 36.3 Å². The van der Waals surface area contributed by atoms with E-state index in [-0.39, 0.29) is 5.92 Å². The molecule has 1 aromatic carbocycles. The number of hydrogen-bond acceptors (Lipinski definition) is 5. The van der Waals surface area contributed by atoms with Crippen LogP contribution in [0.3, 0.4) is 0 Å². The molecule has 3 rings (SSSR count). The van der Waals surface area contributed by atoms with Gasteiger partial charge in [0.15, 0.2) is 15.0 Å². The lowest BCUT2D eigenvalue weighted by Crippen LogP contribution is -2.36.